The lowest BCUT2D eigenvalue weighted by Crippen LogP contribution is -2.16. The highest BCUT2D eigenvalue weighted by Gasteiger charge is 2.11. The van der Waals surface area contributed by atoms with Gasteiger partial charge in [-0.15, -0.1) is 0 Å². The molecule has 0 heterocycles. The molecule has 0 N–H and O–H groups in total. The van der Waals surface area contributed by atoms with Gasteiger partial charge in [-0.05, 0) is 72.0 Å². The molecule has 0 spiro atoms. The van der Waals surface area contributed by atoms with Gasteiger partial charge in [0.1, 0.15) is 0 Å². The topological polar surface area (TPSA) is 3.24 Å². The van der Waals surface area contributed by atoms with Crippen LogP contribution in [-0.4, -0.2) is 0 Å². The van der Waals surface area contributed by atoms with Crippen LogP contribution in [-0.2, 0) is 6.54 Å². The van der Waals surface area contributed by atoms with Gasteiger partial charge in [0.05, 0.1) is 0 Å². The second-order valence-corrected chi connectivity index (χ2v) is 9.29. The van der Waals surface area contributed by atoms with Gasteiger partial charge in [-0.2, -0.15) is 0 Å². The largest absolute Gasteiger partial charge is 0.337 e. The van der Waals surface area contributed by atoms with Gasteiger partial charge in [0.25, 0.3) is 0 Å². The van der Waals surface area contributed by atoms with Crippen molar-refractivity contribution in [2.75, 3.05) is 4.90 Å². The minimum Gasteiger partial charge on any atom is -0.337 e. The molecule has 176 valence electrons. The van der Waals surface area contributed by atoms with Crippen molar-refractivity contribution in [3.8, 4) is 0 Å². The smallest absolute Gasteiger partial charge is 0.0481 e. The average Bonchev–Trinajstić information content (AvgIpc) is 2.93. The van der Waals surface area contributed by atoms with Gasteiger partial charge >= 0.3 is 0 Å². The SMILES string of the molecule is Cc1ccc(CN(c2ccc(C)cc2)c2ccc(C=C(c3ccccc3)c3ccccc3)cc2)cc1. The predicted molar refractivity (Wildman–Crippen MR) is 154 cm³/mol. The molecular formula is C35H31N. The molecule has 5 aromatic carbocycles. The molecule has 0 atom stereocenters. The Balaban J connectivity index is 1.50. The first-order chi connectivity index (χ1) is 17.7. The maximum absolute atomic E-state index is 2.38. The summed E-state index contributed by atoms with van der Waals surface area (Å²) in [6.45, 7) is 5.08. The van der Waals surface area contributed by atoms with E-state index in [-0.39, 0.29) is 0 Å². The van der Waals surface area contributed by atoms with Crippen molar-refractivity contribution in [1.82, 2.24) is 0 Å². The van der Waals surface area contributed by atoms with E-state index in [1.54, 1.807) is 0 Å². The molecule has 36 heavy (non-hydrogen) atoms. The van der Waals surface area contributed by atoms with E-state index in [0.29, 0.717) is 0 Å². The molecule has 5 rings (SSSR count). The van der Waals surface area contributed by atoms with E-state index in [0.717, 1.165) is 6.54 Å². The summed E-state index contributed by atoms with van der Waals surface area (Å²) in [6, 6.07) is 47.7. The van der Waals surface area contributed by atoms with E-state index >= 15 is 0 Å². The summed E-state index contributed by atoms with van der Waals surface area (Å²) in [5, 5.41) is 0. The molecule has 0 fully saturated rings. The first kappa shape index (κ1) is 23.4. The second-order valence-electron chi connectivity index (χ2n) is 9.29. The van der Waals surface area contributed by atoms with Gasteiger partial charge in [0.15, 0.2) is 0 Å². The molecule has 0 amide bonds. The summed E-state index contributed by atoms with van der Waals surface area (Å²) >= 11 is 0. The van der Waals surface area contributed by atoms with Crippen LogP contribution in [0.1, 0.15) is 33.4 Å². The lowest BCUT2D eigenvalue weighted by atomic mass is 9.95. The molecule has 0 saturated heterocycles. The monoisotopic (exact) mass is 465 g/mol. The fraction of sp³-hybridized carbons (Fsp3) is 0.0857. The molecular weight excluding hydrogens is 434 g/mol. The number of aryl methyl sites for hydroxylation is 2. The van der Waals surface area contributed by atoms with Crippen LogP contribution in [0.25, 0.3) is 11.6 Å². The zero-order valence-electron chi connectivity index (χ0n) is 20.9. The molecule has 0 bridgehead atoms. The summed E-state index contributed by atoms with van der Waals surface area (Å²) in [5.41, 5.74) is 11.0. The van der Waals surface area contributed by atoms with E-state index < -0.39 is 0 Å². The number of benzene rings is 5. The van der Waals surface area contributed by atoms with E-state index in [4.69, 9.17) is 0 Å². The van der Waals surface area contributed by atoms with Crippen molar-refractivity contribution in [2.24, 2.45) is 0 Å². The average molecular weight is 466 g/mol. The van der Waals surface area contributed by atoms with Crippen molar-refractivity contribution >= 4 is 23.0 Å². The first-order valence-corrected chi connectivity index (χ1v) is 12.5. The van der Waals surface area contributed by atoms with Gasteiger partial charge in [-0.25, -0.2) is 0 Å². The van der Waals surface area contributed by atoms with Crippen LogP contribution in [0, 0.1) is 13.8 Å². The molecule has 0 radical (unpaired) electrons. The summed E-state index contributed by atoms with van der Waals surface area (Å²) in [5.74, 6) is 0. The molecule has 1 nitrogen and oxygen atoms in total. The highest BCUT2D eigenvalue weighted by Crippen LogP contribution is 2.30. The van der Waals surface area contributed by atoms with Crippen molar-refractivity contribution in [3.63, 3.8) is 0 Å². The van der Waals surface area contributed by atoms with Crippen LogP contribution in [0.4, 0.5) is 11.4 Å². The Hall–Kier alpha value is -4.36. The molecule has 0 unspecified atom stereocenters. The van der Waals surface area contributed by atoms with Crippen LogP contribution in [0.5, 0.6) is 0 Å². The van der Waals surface area contributed by atoms with Crippen LogP contribution in [0.2, 0.25) is 0 Å². The maximum atomic E-state index is 2.38. The third-order valence-electron chi connectivity index (χ3n) is 6.49. The summed E-state index contributed by atoms with van der Waals surface area (Å²) in [6.07, 6.45) is 2.28. The maximum Gasteiger partial charge on any atom is 0.0481 e. The van der Waals surface area contributed by atoms with E-state index in [9.17, 15) is 0 Å². The number of hydrogen-bond donors (Lipinski definition) is 0. The predicted octanol–water partition coefficient (Wildman–Crippen LogP) is 9.23. The molecule has 0 aliphatic rings. The molecule has 5 aromatic rings. The second kappa shape index (κ2) is 10.9. The molecule has 1 heteroatoms. The molecule has 0 saturated carbocycles. The Kier molecular flexibility index (Phi) is 7.10. The Bertz CT molecular complexity index is 1370. The number of anilines is 2. The van der Waals surface area contributed by atoms with Crippen molar-refractivity contribution in [2.45, 2.75) is 20.4 Å². The lowest BCUT2D eigenvalue weighted by molar-refractivity contribution is 0.973. The minimum atomic E-state index is 0.817. The van der Waals surface area contributed by atoms with E-state index in [1.165, 1.54) is 50.3 Å². The Morgan fingerprint density at radius 2 is 0.972 bits per heavy atom. The molecule has 0 aliphatic heterocycles. The summed E-state index contributed by atoms with van der Waals surface area (Å²) < 4.78 is 0. The van der Waals surface area contributed by atoms with Gasteiger partial charge < -0.3 is 4.90 Å². The third kappa shape index (κ3) is 5.64. The van der Waals surface area contributed by atoms with E-state index in [2.05, 4.69) is 158 Å². The quantitative estimate of drug-likeness (QED) is 0.217. The molecule has 0 aromatic heterocycles. The normalized spacial score (nSPS) is 10.6. The van der Waals surface area contributed by atoms with Gasteiger partial charge in [-0.1, -0.05) is 120 Å². The fourth-order valence-electron chi connectivity index (χ4n) is 4.42. The minimum absolute atomic E-state index is 0.817. The Labute approximate surface area is 215 Å². The zero-order chi connectivity index (χ0) is 24.7. The van der Waals surface area contributed by atoms with Gasteiger partial charge in [-0.3, -0.25) is 0 Å². The van der Waals surface area contributed by atoms with Crippen LogP contribution >= 0.6 is 0 Å². The highest BCUT2D eigenvalue weighted by molar-refractivity contribution is 5.91. The lowest BCUT2D eigenvalue weighted by Gasteiger charge is -2.26. The standard InChI is InChI=1S/C35H31N/c1-27-13-17-30(18-14-27)26-36(33-21-15-28(2)16-22-33)34-23-19-29(20-24-34)25-35(31-9-5-3-6-10-31)32-11-7-4-8-12-32/h3-25H,26H2,1-2H3. The molecule has 0 aliphatic carbocycles. The fourth-order valence-corrected chi connectivity index (χ4v) is 4.42. The summed E-state index contributed by atoms with van der Waals surface area (Å²) in [4.78, 5) is 2.38. The van der Waals surface area contributed by atoms with E-state index in [1.807, 2.05) is 0 Å². The van der Waals surface area contributed by atoms with Crippen LogP contribution in [0.15, 0.2) is 133 Å². The van der Waals surface area contributed by atoms with Crippen molar-refractivity contribution < 1.29 is 0 Å². The first-order valence-electron chi connectivity index (χ1n) is 12.5. The Morgan fingerprint density at radius 1 is 0.528 bits per heavy atom. The zero-order valence-corrected chi connectivity index (χ0v) is 20.9. The Morgan fingerprint density at radius 3 is 1.47 bits per heavy atom. The summed E-state index contributed by atoms with van der Waals surface area (Å²) in [7, 11) is 0. The third-order valence-corrected chi connectivity index (χ3v) is 6.49. The van der Waals surface area contributed by atoms with Crippen molar-refractivity contribution in [1.29, 1.82) is 0 Å². The van der Waals surface area contributed by atoms with Crippen molar-refractivity contribution in [3.05, 3.63) is 167 Å². The number of hydrogen-bond acceptors (Lipinski definition) is 1. The highest BCUT2D eigenvalue weighted by atomic mass is 15.1. The van der Waals surface area contributed by atoms with Gasteiger partial charge in [0, 0.05) is 17.9 Å². The number of nitrogens with zero attached hydrogens (tertiary/aromatic N) is 1. The van der Waals surface area contributed by atoms with Crippen LogP contribution in [0.3, 0.4) is 0 Å². The van der Waals surface area contributed by atoms with Crippen LogP contribution < -0.4 is 4.90 Å². The number of rotatable bonds is 7. The van der Waals surface area contributed by atoms with Gasteiger partial charge in [0.2, 0.25) is 0 Å².